The van der Waals surface area contributed by atoms with Crippen LogP contribution in [0, 0.1) is 20.8 Å². The number of carbonyl (C=O) groups is 3. The number of aryl methyl sites for hydroxylation is 3. The molecule has 3 amide bonds. The Morgan fingerprint density at radius 1 is 0.971 bits per heavy atom. The maximum absolute atomic E-state index is 12.7. The normalized spacial score (nSPS) is 14.1. The van der Waals surface area contributed by atoms with E-state index in [-0.39, 0.29) is 36.9 Å². The third-order valence-corrected chi connectivity index (χ3v) is 6.53. The van der Waals surface area contributed by atoms with Gasteiger partial charge in [0.25, 0.3) is 5.91 Å². The molecule has 1 heterocycles. The van der Waals surface area contributed by atoms with Crippen LogP contribution in [-0.2, 0) is 9.59 Å². The van der Waals surface area contributed by atoms with Crippen LogP contribution in [0.15, 0.2) is 42.5 Å². The van der Waals surface area contributed by atoms with Crippen LogP contribution in [0.1, 0.15) is 53.2 Å². The van der Waals surface area contributed by atoms with E-state index < -0.39 is 0 Å². The largest absolute Gasteiger partial charge is 0.346 e. The van der Waals surface area contributed by atoms with E-state index >= 15 is 0 Å². The fraction of sp³-hybridized carbons (Fsp3) is 0.464. The molecule has 0 unspecified atom stereocenters. The first-order valence-electron chi connectivity index (χ1n) is 12.5. The van der Waals surface area contributed by atoms with Gasteiger partial charge in [0.05, 0.1) is 13.1 Å². The second-order valence-corrected chi connectivity index (χ2v) is 9.46. The number of benzene rings is 2. The van der Waals surface area contributed by atoms with Crippen molar-refractivity contribution in [3.63, 3.8) is 0 Å². The van der Waals surface area contributed by atoms with E-state index in [2.05, 4.69) is 22.5 Å². The third kappa shape index (κ3) is 7.39. The Bertz CT molecular complexity index is 1010. The number of anilines is 1. The van der Waals surface area contributed by atoms with Gasteiger partial charge >= 0.3 is 0 Å². The Hall–Kier alpha value is -3.19. The van der Waals surface area contributed by atoms with Crippen LogP contribution in [0.25, 0.3) is 0 Å². The zero-order chi connectivity index (χ0) is 25.4. The van der Waals surface area contributed by atoms with Crippen molar-refractivity contribution >= 4 is 23.4 Å². The summed E-state index contributed by atoms with van der Waals surface area (Å²) in [5, 5.41) is 5.70. The zero-order valence-electron chi connectivity index (χ0n) is 21.4. The lowest BCUT2D eigenvalue weighted by Gasteiger charge is -2.38. The molecule has 0 atom stereocenters. The molecule has 1 fully saturated rings. The van der Waals surface area contributed by atoms with Crippen LogP contribution < -0.4 is 10.6 Å². The average molecular weight is 479 g/mol. The van der Waals surface area contributed by atoms with Crippen molar-refractivity contribution in [2.45, 2.75) is 53.0 Å². The van der Waals surface area contributed by atoms with E-state index in [4.69, 9.17) is 0 Å². The molecule has 1 aliphatic rings. The highest BCUT2D eigenvalue weighted by atomic mass is 16.2. The van der Waals surface area contributed by atoms with E-state index in [9.17, 15) is 14.4 Å². The molecule has 7 nitrogen and oxygen atoms in total. The van der Waals surface area contributed by atoms with Gasteiger partial charge in [0, 0.05) is 30.4 Å². The minimum Gasteiger partial charge on any atom is -0.346 e. The topological polar surface area (TPSA) is 81.8 Å². The first-order valence-corrected chi connectivity index (χ1v) is 12.5. The number of nitrogens with one attached hydrogen (secondary N) is 2. The molecule has 188 valence electrons. The average Bonchev–Trinajstić information content (AvgIpc) is 2.85. The number of likely N-dealkylation sites (tertiary alicyclic amines) is 1. The second-order valence-electron chi connectivity index (χ2n) is 9.46. The molecular formula is C28H38N4O3. The summed E-state index contributed by atoms with van der Waals surface area (Å²) in [6.45, 7) is 10.4. The van der Waals surface area contributed by atoms with Crippen LogP contribution in [0.5, 0.6) is 0 Å². The molecule has 3 rings (SSSR count). The van der Waals surface area contributed by atoms with Gasteiger partial charge in [-0.25, -0.2) is 0 Å². The van der Waals surface area contributed by atoms with E-state index in [1.54, 1.807) is 0 Å². The predicted molar refractivity (Wildman–Crippen MR) is 140 cm³/mol. The lowest BCUT2D eigenvalue weighted by molar-refractivity contribution is -0.125. The first kappa shape index (κ1) is 26.4. The van der Waals surface area contributed by atoms with Crippen LogP contribution in [0.3, 0.4) is 0 Å². The van der Waals surface area contributed by atoms with Gasteiger partial charge in [0.2, 0.25) is 11.8 Å². The Kier molecular flexibility index (Phi) is 9.43. The lowest BCUT2D eigenvalue weighted by atomic mass is 10.0. The van der Waals surface area contributed by atoms with Gasteiger partial charge in [0.15, 0.2) is 0 Å². The smallest absolute Gasteiger partial charge is 0.253 e. The number of carbonyl (C=O) groups excluding carboxylic acids is 3. The predicted octanol–water partition coefficient (Wildman–Crippen LogP) is 3.68. The van der Waals surface area contributed by atoms with E-state index in [0.717, 1.165) is 48.2 Å². The monoisotopic (exact) mass is 478 g/mol. The lowest BCUT2D eigenvalue weighted by Crippen LogP contribution is -2.50. The van der Waals surface area contributed by atoms with Crippen LogP contribution >= 0.6 is 0 Å². The molecule has 35 heavy (non-hydrogen) atoms. The molecule has 0 bridgehead atoms. The van der Waals surface area contributed by atoms with Gasteiger partial charge < -0.3 is 15.5 Å². The maximum atomic E-state index is 12.7. The van der Waals surface area contributed by atoms with Crippen molar-refractivity contribution in [1.82, 2.24) is 15.1 Å². The van der Waals surface area contributed by atoms with E-state index in [0.29, 0.717) is 18.7 Å². The molecule has 2 N–H and O–H groups in total. The van der Waals surface area contributed by atoms with Crippen LogP contribution in [0.4, 0.5) is 5.69 Å². The standard InChI is InChI=1S/C28H38N4O3/c1-5-13-32(24-11-14-31(15-12-24)28(35)23-9-7-6-8-10-23)19-26(34)29-18-25(33)30-27-21(3)16-20(2)17-22(27)4/h6-10,16-17,24H,5,11-15,18-19H2,1-4H3,(H,29,34)(H,30,33). The summed E-state index contributed by atoms with van der Waals surface area (Å²) in [7, 11) is 0. The number of hydrogen-bond acceptors (Lipinski definition) is 4. The molecule has 0 radical (unpaired) electrons. The van der Waals surface area contributed by atoms with Crippen LogP contribution in [-0.4, -0.2) is 66.3 Å². The van der Waals surface area contributed by atoms with Crippen LogP contribution in [0.2, 0.25) is 0 Å². The molecular weight excluding hydrogens is 440 g/mol. The SMILES string of the molecule is CCCN(CC(=O)NCC(=O)Nc1c(C)cc(C)cc1C)C1CCN(C(=O)c2ccccc2)CC1. The number of rotatable bonds is 9. The fourth-order valence-corrected chi connectivity index (χ4v) is 4.86. The number of hydrogen-bond donors (Lipinski definition) is 2. The van der Waals surface area contributed by atoms with Crippen molar-refractivity contribution in [2.75, 3.05) is 38.0 Å². The Balaban J connectivity index is 1.48. The molecule has 0 aliphatic carbocycles. The minimum absolute atomic E-state index is 0.0599. The summed E-state index contributed by atoms with van der Waals surface area (Å²) >= 11 is 0. The summed E-state index contributed by atoms with van der Waals surface area (Å²) in [5.41, 5.74) is 4.68. The Morgan fingerprint density at radius 2 is 1.60 bits per heavy atom. The summed E-state index contributed by atoms with van der Waals surface area (Å²) in [5.74, 6) is -0.328. The van der Waals surface area contributed by atoms with Crippen molar-refractivity contribution in [3.05, 3.63) is 64.7 Å². The van der Waals surface area contributed by atoms with Crippen molar-refractivity contribution in [3.8, 4) is 0 Å². The van der Waals surface area contributed by atoms with Gasteiger partial charge in [0.1, 0.15) is 0 Å². The highest BCUT2D eigenvalue weighted by Crippen LogP contribution is 2.22. The molecule has 0 saturated carbocycles. The third-order valence-electron chi connectivity index (χ3n) is 6.53. The molecule has 0 spiro atoms. The number of amides is 3. The van der Waals surface area contributed by atoms with E-state index in [1.807, 2.05) is 68.1 Å². The van der Waals surface area contributed by atoms with Crippen molar-refractivity contribution in [2.24, 2.45) is 0 Å². The van der Waals surface area contributed by atoms with Gasteiger partial charge in [-0.2, -0.15) is 0 Å². The summed E-state index contributed by atoms with van der Waals surface area (Å²) in [6, 6.07) is 13.7. The summed E-state index contributed by atoms with van der Waals surface area (Å²) in [4.78, 5) is 41.9. The summed E-state index contributed by atoms with van der Waals surface area (Å²) in [6.07, 6.45) is 2.60. The Labute approximate surface area is 208 Å². The van der Waals surface area contributed by atoms with Gasteiger partial charge in [-0.3, -0.25) is 19.3 Å². The maximum Gasteiger partial charge on any atom is 0.253 e. The zero-order valence-corrected chi connectivity index (χ0v) is 21.4. The molecule has 2 aromatic carbocycles. The van der Waals surface area contributed by atoms with Gasteiger partial charge in [-0.05, 0) is 69.8 Å². The highest BCUT2D eigenvalue weighted by Gasteiger charge is 2.28. The Morgan fingerprint density at radius 3 is 2.20 bits per heavy atom. The molecule has 0 aromatic heterocycles. The second kappa shape index (κ2) is 12.5. The minimum atomic E-state index is -0.233. The molecule has 2 aromatic rings. The fourth-order valence-electron chi connectivity index (χ4n) is 4.86. The quantitative estimate of drug-likeness (QED) is 0.576. The molecule has 1 saturated heterocycles. The highest BCUT2D eigenvalue weighted by molar-refractivity contribution is 5.96. The van der Waals surface area contributed by atoms with Gasteiger partial charge in [-0.15, -0.1) is 0 Å². The van der Waals surface area contributed by atoms with Crippen molar-refractivity contribution in [1.29, 1.82) is 0 Å². The molecule has 1 aliphatic heterocycles. The number of nitrogens with zero attached hydrogens (tertiary/aromatic N) is 2. The number of piperidine rings is 1. The summed E-state index contributed by atoms with van der Waals surface area (Å²) < 4.78 is 0. The first-order chi connectivity index (χ1) is 16.8. The van der Waals surface area contributed by atoms with Gasteiger partial charge in [-0.1, -0.05) is 42.8 Å². The van der Waals surface area contributed by atoms with E-state index in [1.165, 1.54) is 0 Å². The van der Waals surface area contributed by atoms with Crippen molar-refractivity contribution < 1.29 is 14.4 Å². The molecule has 7 heteroatoms.